The van der Waals surface area contributed by atoms with Crippen LogP contribution in [0.25, 0.3) is 0 Å². The molecule has 0 bridgehead atoms. The van der Waals surface area contributed by atoms with E-state index >= 15 is 0 Å². The summed E-state index contributed by atoms with van der Waals surface area (Å²) < 4.78 is 0. The summed E-state index contributed by atoms with van der Waals surface area (Å²) in [5.41, 5.74) is 1.07. The van der Waals surface area contributed by atoms with E-state index in [1.54, 1.807) is 12.1 Å². The lowest BCUT2D eigenvalue weighted by molar-refractivity contribution is -0.384. The number of hydrogen-bond acceptors (Lipinski definition) is 3. The molecule has 2 N–H and O–H groups in total. The Labute approximate surface area is 143 Å². The zero-order valence-corrected chi connectivity index (χ0v) is 14.8. The lowest BCUT2D eigenvalue weighted by Crippen LogP contribution is -2.41. The van der Waals surface area contributed by atoms with Gasteiger partial charge in [-0.15, -0.1) is 0 Å². The Hall–Kier alpha value is -1.69. The molecule has 0 saturated heterocycles. The van der Waals surface area contributed by atoms with Crippen molar-refractivity contribution in [1.82, 2.24) is 5.32 Å². The Morgan fingerprint density at radius 2 is 1.91 bits per heavy atom. The molecule has 23 heavy (non-hydrogen) atoms. The third-order valence-corrected chi connectivity index (χ3v) is 4.82. The third-order valence-electron chi connectivity index (χ3n) is 4.60. The Morgan fingerprint density at radius 1 is 1.26 bits per heavy atom. The van der Waals surface area contributed by atoms with Crippen LogP contribution in [0, 0.1) is 21.4 Å². The SMILES string of the molecule is CC(C)(C)C1CCC(NC(=S)Nc2cccc([N+](=O)[O-])c2)CC1. The molecular weight excluding hydrogens is 310 g/mol. The summed E-state index contributed by atoms with van der Waals surface area (Å²) >= 11 is 5.34. The lowest BCUT2D eigenvalue weighted by atomic mass is 9.71. The minimum atomic E-state index is -0.407. The van der Waals surface area contributed by atoms with E-state index in [9.17, 15) is 10.1 Å². The fraction of sp³-hybridized carbons (Fsp3) is 0.588. The molecule has 0 unspecified atom stereocenters. The van der Waals surface area contributed by atoms with Gasteiger partial charge in [-0.25, -0.2) is 0 Å². The zero-order valence-electron chi connectivity index (χ0n) is 14.0. The molecule has 0 radical (unpaired) electrons. The maximum Gasteiger partial charge on any atom is 0.271 e. The molecule has 0 heterocycles. The average Bonchev–Trinajstić information content (AvgIpc) is 2.47. The normalized spacial score (nSPS) is 21.5. The van der Waals surface area contributed by atoms with Gasteiger partial charge >= 0.3 is 0 Å². The minimum Gasteiger partial charge on any atom is -0.360 e. The molecule has 6 heteroatoms. The number of anilines is 1. The number of nitro benzene ring substituents is 1. The van der Waals surface area contributed by atoms with E-state index in [-0.39, 0.29) is 5.69 Å². The quantitative estimate of drug-likeness (QED) is 0.484. The number of non-ortho nitro benzene ring substituents is 1. The van der Waals surface area contributed by atoms with Gasteiger partial charge in [-0.1, -0.05) is 26.8 Å². The predicted octanol–water partition coefficient (Wildman–Crippen LogP) is 4.49. The molecule has 5 nitrogen and oxygen atoms in total. The Kier molecular flexibility index (Phi) is 5.57. The fourth-order valence-corrected chi connectivity index (χ4v) is 3.44. The smallest absolute Gasteiger partial charge is 0.271 e. The number of nitrogens with zero attached hydrogens (tertiary/aromatic N) is 1. The molecule has 1 aromatic carbocycles. The standard InChI is InChI=1S/C17H25N3O2S/c1-17(2,3)12-7-9-13(10-8-12)18-16(23)19-14-5-4-6-15(11-14)20(21)22/h4-6,11-13H,7-10H2,1-3H3,(H2,18,19,23). The van der Waals surface area contributed by atoms with Gasteiger partial charge in [-0.05, 0) is 55.3 Å². The van der Waals surface area contributed by atoms with Gasteiger partial charge in [0.15, 0.2) is 5.11 Å². The maximum absolute atomic E-state index is 10.8. The largest absolute Gasteiger partial charge is 0.360 e. The second-order valence-electron chi connectivity index (χ2n) is 7.32. The number of nitrogens with one attached hydrogen (secondary N) is 2. The van der Waals surface area contributed by atoms with Crippen molar-refractivity contribution in [1.29, 1.82) is 0 Å². The van der Waals surface area contributed by atoms with Crippen molar-refractivity contribution in [2.75, 3.05) is 5.32 Å². The molecule has 1 fully saturated rings. The van der Waals surface area contributed by atoms with Gasteiger partial charge in [0.2, 0.25) is 0 Å². The maximum atomic E-state index is 10.8. The van der Waals surface area contributed by atoms with Crippen LogP contribution in [0.4, 0.5) is 11.4 Å². The number of nitro groups is 1. The van der Waals surface area contributed by atoms with Crippen LogP contribution >= 0.6 is 12.2 Å². The van der Waals surface area contributed by atoms with Crippen molar-refractivity contribution in [3.63, 3.8) is 0 Å². The van der Waals surface area contributed by atoms with Crippen LogP contribution in [0.1, 0.15) is 46.5 Å². The van der Waals surface area contributed by atoms with Crippen molar-refractivity contribution in [3.8, 4) is 0 Å². The molecule has 126 valence electrons. The van der Waals surface area contributed by atoms with Crippen LogP contribution in [0.2, 0.25) is 0 Å². The molecule has 1 aliphatic rings. The summed E-state index contributed by atoms with van der Waals surface area (Å²) in [6.45, 7) is 6.92. The molecule has 0 spiro atoms. The Morgan fingerprint density at radius 3 is 2.48 bits per heavy atom. The van der Waals surface area contributed by atoms with E-state index in [1.807, 2.05) is 0 Å². The highest BCUT2D eigenvalue weighted by Gasteiger charge is 2.29. The fourth-order valence-electron chi connectivity index (χ4n) is 3.15. The molecule has 0 aliphatic heterocycles. The molecule has 0 aromatic heterocycles. The van der Waals surface area contributed by atoms with E-state index in [4.69, 9.17) is 12.2 Å². The number of benzene rings is 1. The summed E-state index contributed by atoms with van der Waals surface area (Å²) in [6.07, 6.45) is 4.64. The molecule has 0 amide bonds. The van der Waals surface area contributed by atoms with E-state index in [0.717, 1.165) is 18.8 Å². The van der Waals surface area contributed by atoms with Gasteiger partial charge in [0.1, 0.15) is 0 Å². The van der Waals surface area contributed by atoms with Crippen LogP contribution in [-0.2, 0) is 0 Å². The highest BCUT2D eigenvalue weighted by atomic mass is 32.1. The summed E-state index contributed by atoms with van der Waals surface area (Å²) in [7, 11) is 0. The zero-order chi connectivity index (χ0) is 17.0. The highest BCUT2D eigenvalue weighted by molar-refractivity contribution is 7.80. The van der Waals surface area contributed by atoms with Gasteiger partial charge in [0, 0.05) is 23.9 Å². The molecule has 2 rings (SSSR count). The van der Waals surface area contributed by atoms with Crippen molar-refractivity contribution >= 4 is 28.7 Å². The van der Waals surface area contributed by atoms with Crippen molar-refractivity contribution in [3.05, 3.63) is 34.4 Å². The van der Waals surface area contributed by atoms with Crippen molar-refractivity contribution in [2.24, 2.45) is 11.3 Å². The van der Waals surface area contributed by atoms with E-state index < -0.39 is 4.92 Å². The second kappa shape index (κ2) is 7.25. The van der Waals surface area contributed by atoms with Gasteiger partial charge in [0.25, 0.3) is 5.69 Å². The van der Waals surface area contributed by atoms with Crippen molar-refractivity contribution < 1.29 is 4.92 Å². The first-order valence-corrected chi connectivity index (χ1v) is 8.48. The van der Waals surface area contributed by atoms with Gasteiger partial charge in [-0.2, -0.15) is 0 Å². The molecule has 1 aliphatic carbocycles. The lowest BCUT2D eigenvalue weighted by Gasteiger charge is -2.37. The van der Waals surface area contributed by atoms with Crippen LogP contribution < -0.4 is 10.6 Å². The topological polar surface area (TPSA) is 67.2 Å². The van der Waals surface area contributed by atoms with Crippen molar-refractivity contribution in [2.45, 2.75) is 52.5 Å². The van der Waals surface area contributed by atoms with E-state index in [2.05, 4.69) is 31.4 Å². The van der Waals surface area contributed by atoms with Crippen LogP contribution in [0.15, 0.2) is 24.3 Å². The summed E-state index contributed by atoms with van der Waals surface area (Å²) in [5.74, 6) is 0.763. The first-order chi connectivity index (χ1) is 10.8. The summed E-state index contributed by atoms with van der Waals surface area (Å²) in [5, 5.41) is 17.7. The third kappa shape index (κ3) is 5.16. The number of thiocarbonyl (C=S) groups is 1. The molecule has 0 atom stereocenters. The monoisotopic (exact) mass is 335 g/mol. The molecular formula is C17H25N3O2S. The average molecular weight is 335 g/mol. The Bertz CT molecular complexity index is 575. The minimum absolute atomic E-state index is 0.0588. The Balaban J connectivity index is 1.84. The number of rotatable bonds is 3. The first-order valence-electron chi connectivity index (χ1n) is 8.07. The van der Waals surface area contributed by atoms with Crippen LogP contribution in [0.5, 0.6) is 0 Å². The van der Waals surface area contributed by atoms with Gasteiger partial charge in [0.05, 0.1) is 4.92 Å². The molecule has 1 saturated carbocycles. The van der Waals surface area contributed by atoms with Crippen LogP contribution in [0.3, 0.4) is 0 Å². The highest BCUT2D eigenvalue weighted by Crippen LogP contribution is 2.37. The number of hydrogen-bond donors (Lipinski definition) is 2. The van der Waals surface area contributed by atoms with Gasteiger partial charge in [-0.3, -0.25) is 10.1 Å². The molecule has 1 aromatic rings. The summed E-state index contributed by atoms with van der Waals surface area (Å²) in [4.78, 5) is 10.4. The summed E-state index contributed by atoms with van der Waals surface area (Å²) in [6, 6.07) is 6.77. The predicted molar refractivity (Wildman–Crippen MR) is 97.7 cm³/mol. The van der Waals surface area contributed by atoms with Gasteiger partial charge < -0.3 is 10.6 Å². The van der Waals surface area contributed by atoms with E-state index in [1.165, 1.54) is 25.0 Å². The van der Waals surface area contributed by atoms with E-state index in [0.29, 0.717) is 22.3 Å². The second-order valence-corrected chi connectivity index (χ2v) is 7.73. The van der Waals surface area contributed by atoms with Crippen LogP contribution in [-0.4, -0.2) is 16.1 Å². The first kappa shape index (κ1) is 17.7.